The Bertz CT molecular complexity index is 856. The van der Waals surface area contributed by atoms with Crippen molar-refractivity contribution in [1.82, 2.24) is 19.6 Å². The van der Waals surface area contributed by atoms with Crippen LogP contribution in [-0.2, 0) is 13.6 Å². The van der Waals surface area contributed by atoms with Crippen molar-refractivity contribution in [1.29, 1.82) is 0 Å². The molecule has 0 fully saturated rings. The second-order valence-electron chi connectivity index (χ2n) is 4.74. The van der Waals surface area contributed by atoms with Crippen molar-refractivity contribution in [2.24, 2.45) is 7.05 Å². The van der Waals surface area contributed by atoms with Crippen molar-refractivity contribution in [3.05, 3.63) is 58.4 Å². The van der Waals surface area contributed by atoms with Crippen LogP contribution in [0.1, 0.15) is 11.7 Å². The second kappa shape index (κ2) is 5.10. The van der Waals surface area contributed by atoms with Gasteiger partial charge in [-0.2, -0.15) is 10.2 Å². The van der Waals surface area contributed by atoms with Gasteiger partial charge < -0.3 is 5.11 Å². The van der Waals surface area contributed by atoms with Gasteiger partial charge in [-0.15, -0.1) is 0 Å². The first kappa shape index (κ1) is 13.4. The molecule has 6 nitrogen and oxygen atoms in total. The molecule has 1 unspecified atom stereocenters. The van der Waals surface area contributed by atoms with Crippen molar-refractivity contribution in [3.8, 4) is 0 Å². The number of aryl methyl sites for hydroxylation is 1. The Hall–Kier alpha value is -2.54. The Labute approximate surface area is 119 Å². The Morgan fingerprint density at radius 1 is 1.29 bits per heavy atom. The molecule has 1 atom stereocenters. The van der Waals surface area contributed by atoms with Gasteiger partial charge in [0, 0.05) is 18.0 Å². The first-order chi connectivity index (χ1) is 10.1. The number of benzene rings is 1. The molecule has 1 aromatic carbocycles. The van der Waals surface area contributed by atoms with Gasteiger partial charge in [-0.1, -0.05) is 18.2 Å². The highest BCUT2D eigenvalue weighted by molar-refractivity contribution is 5.76. The van der Waals surface area contributed by atoms with Crippen LogP contribution in [0.15, 0.2) is 41.5 Å². The predicted octanol–water partition coefficient (Wildman–Crippen LogP) is 1.00. The molecule has 0 aliphatic carbocycles. The number of hydrogen-bond donors (Lipinski definition) is 1. The van der Waals surface area contributed by atoms with E-state index in [1.165, 1.54) is 40.9 Å². The fourth-order valence-electron chi connectivity index (χ4n) is 2.23. The average Bonchev–Trinajstić information content (AvgIpc) is 2.87. The van der Waals surface area contributed by atoms with Gasteiger partial charge in [0.05, 0.1) is 18.9 Å². The molecule has 3 rings (SSSR count). The minimum Gasteiger partial charge on any atom is -0.386 e. The molecule has 0 aliphatic rings. The average molecular weight is 288 g/mol. The number of rotatable bonds is 3. The lowest BCUT2D eigenvalue weighted by atomic mass is 10.1. The first-order valence-electron chi connectivity index (χ1n) is 6.38. The van der Waals surface area contributed by atoms with Gasteiger partial charge >= 0.3 is 0 Å². The van der Waals surface area contributed by atoms with Crippen LogP contribution >= 0.6 is 0 Å². The summed E-state index contributed by atoms with van der Waals surface area (Å²) in [7, 11) is 1.53. The summed E-state index contributed by atoms with van der Waals surface area (Å²) in [6, 6.07) is 5.98. The minimum absolute atomic E-state index is 0.0102. The van der Waals surface area contributed by atoms with Crippen molar-refractivity contribution in [2.75, 3.05) is 0 Å². The molecule has 0 spiro atoms. The maximum atomic E-state index is 13.7. The third-order valence-electron chi connectivity index (χ3n) is 3.34. The van der Waals surface area contributed by atoms with Gasteiger partial charge in [0.2, 0.25) is 0 Å². The highest BCUT2D eigenvalue weighted by Crippen LogP contribution is 2.19. The highest BCUT2D eigenvalue weighted by Gasteiger charge is 2.16. The van der Waals surface area contributed by atoms with Crippen molar-refractivity contribution < 1.29 is 9.50 Å². The Morgan fingerprint density at radius 3 is 2.76 bits per heavy atom. The third-order valence-corrected chi connectivity index (χ3v) is 3.34. The van der Waals surface area contributed by atoms with E-state index in [-0.39, 0.29) is 17.7 Å². The van der Waals surface area contributed by atoms with E-state index in [9.17, 15) is 14.3 Å². The molecule has 0 saturated heterocycles. The quantitative estimate of drug-likeness (QED) is 0.780. The van der Waals surface area contributed by atoms with Crippen molar-refractivity contribution in [3.63, 3.8) is 0 Å². The zero-order chi connectivity index (χ0) is 15.0. The van der Waals surface area contributed by atoms with Gasteiger partial charge in [-0.25, -0.2) is 9.07 Å². The number of hydrogen-bond acceptors (Lipinski definition) is 4. The predicted molar refractivity (Wildman–Crippen MR) is 74.1 cm³/mol. The summed E-state index contributed by atoms with van der Waals surface area (Å²) in [5.74, 6) is -0.490. The molecule has 0 saturated carbocycles. The number of nitrogens with zero attached hydrogens (tertiary/aromatic N) is 4. The van der Waals surface area contributed by atoms with Crippen LogP contribution in [0.3, 0.4) is 0 Å². The molecule has 2 heterocycles. The molecule has 2 aromatic heterocycles. The van der Waals surface area contributed by atoms with Crippen LogP contribution in [0.5, 0.6) is 0 Å². The highest BCUT2D eigenvalue weighted by atomic mass is 19.1. The van der Waals surface area contributed by atoms with Crippen molar-refractivity contribution in [2.45, 2.75) is 12.6 Å². The smallest absolute Gasteiger partial charge is 0.292 e. The monoisotopic (exact) mass is 288 g/mol. The molecule has 0 amide bonds. The second-order valence-corrected chi connectivity index (χ2v) is 4.74. The van der Waals surface area contributed by atoms with Crippen LogP contribution in [0.4, 0.5) is 4.39 Å². The van der Waals surface area contributed by atoms with E-state index in [0.29, 0.717) is 10.9 Å². The van der Waals surface area contributed by atoms with Crippen LogP contribution in [0.25, 0.3) is 10.9 Å². The van der Waals surface area contributed by atoms with E-state index in [2.05, 4.69) is 10.2 Å². The minimum atomic E-state index is -1.09. The van der Waals surface area contributed by atoms with Gasteiger partial charge in [0.15, 0.2) is 0 Å². The lowest BCUT2D eigenvalue weighted by Gasteiger charge is -2.12. The summed E-state index contributed by atoms with van der Waals surface area (Å²) in [4.78, 5) is 12.1. The molecule has 0 aliphatic heterocycles. The van der Waals surface area contributed by atoms with E-state index in [4.69, 9.17) is 0 Å². The van der Waals surface area contributed by atoms with E-state index < -0.39 is 11.9 Å². The summed E-state index contributed by atoms with van der Waals surface area (Å²) in [5, 5.41) is 18.7. The van der Waals surface area contributed by atoms with Gasteiger partial charge in [0.25, 0.3) is 5.56 Å². The SMILES string of the molecule is Cn1ncc2cnn(CC(O)c3ccccc3F)c2c1=O. The number of halogens is 1. The fraction of sp³-hybridized carbons (Fsp3) is 0.214. The van der Waals surface area contributed by atoms with Crippen LogP contribution in [0, 0.1) is 5.82 Å². The molecule has 0 bridgehead atoms. The van der Waals surface area contributed by atoms with E-state index in [0.717, 1.165) is 0 Å². The van der Waals surface area contributed by atoms with E-state index in [1.807, 2.05) is 0 Å². The lowest BCUT2D eigenvalue weighted by molar-refractivity contribution is 0.149. The van der Waals surface area contributed by atoms with Gasteiger partial charge in [-0.3, -0.25) is 9.48 Å². The zero-order valence-corrected chi connectivity index (χ0v) is 11.3. The fourth-order valence-corrected chi connectivity index (χ4v) is 2.23. The number of fused-ring (bicyclic) bond motifs is 1. The summed E-state index contributed by atoms with van der Waals surface area (Å²) >= 11 is 0. The van der Waals surface area contributed by atoms with E-state index in [1.54, 1.807) is 12.1 Å². The van der Waals surface area contributed by atoms with Crippen molar-refractivity contribution >= 4 is 10.9 Å². The number of aliphatic hydroxyl groups excluding tert-OH is 1. The summed E-state index contributed by atoms with van der Waals surface area (Å²) in [5.41, 5.74) is 0.195. The molecular weight excluding hydrogens is 275 g/mol. The topological polar surface area (TPSA) is 72.9 Å². The summed E-state index contributed by atoms with van der Waals surface area (Å²) in [6.45, 7) is -0.0102. The van der Waals surface area contributed by atoms with Crippen LogP contribution in [-0.4, -0.2) is 24.7 Å². The maximum absolute atomic E-state index is 13.7. The van der Waals surface area contributed by atoms with Crippen LogP contribution < -0.4 is 5.56 Å². The Kier molecular flexibility index (Phi) is 3.26. The molecule has 21 heavy (non-hydrogen) atoms. The number of aromatic nitrogens is 4. The van der Waals surface area contributed by atoms with Crippen LogP contribution in [0.2, 0.25) is 0 Å². The first-order valence-corrected chi connectivity index (χ1v) is 6.38. The van der Waals surface area contributed by atoms with E-state index >= 15 is 0 Å². The Balaban J connectivity index is 2.01. The standard InChI is InChI=1S/C14H13FN4O2/c1-18-14(21)13-9(6-16-18)7-17-19(13)8-12(20)10-4-2-3-5-11(10)15/h2-7,12,20H,8H2,1H3. The maximum Gasteiger partial charge on any atom is 0.292 e. The molecule has 1 N–H and O–H groups in total. The van der Waals surface area contributed by atoms with Gasteiger partial charge in [0.1, 0.15) is 17.4 Å². The number of aliphatic hydroxyl groups is 1. The van der Waals surface area contributed by atoms with Gasteiger partial charge in [-0.05, 0) is 6.07 Å². The molecule has 3 aromatic rings. The molecular formula is C14H13FN4O2. The summed E-state index contributed by atoms with van der Waals surface area (Å²) in [6.07, 6.45) is 1.93. The molecule has 0 radical (unpaired) electrons. The molecule has 7 heteroatoms. The largest absolute Gasteiger partial charge is 0.386 e. The third kappa shape index (κ3) is 2.31. The lowest BCUT2D eigenvalue weighted by Crippen LogP contribution is -2.22. The zero-order valence-electron chi connectivity index (χ0n) is 11.3. The summed E-state index contributed by atoms with van der Waals surface area (Å²) < 4.78 is 16.2. The normalized spacial score (nSPS) is 12.7. The Morgan fingerprint density at radius 2 is 2.00 bits per heavy atom. The molecule has 108 valence electrons.